The zero-order chi connectivity index (χ0) is 15.7. The molecule has 0 heterocycles. The van der Waals surface area contributed by atoms with Crippen molar-refractivity contribution in [1.82, 2.24) is 10.2 Å². The van der Waals surface area contributed by atoms with E-state index >= 15 is 0 Å². The van der Waals surface area contributed by atoms with Gasteiger partial charge in [-0.3, -0.25) is 4.79 Å². The van der Waals surface area contributed by atoms with Crippen molar-refractivity contribution in [2.75, 3.05) is 33.9 Å². The van der Waals surface area contributed by atoms with Crippen LogP contribution in [0.4, 0.5) is 4.79 Å². The van der Waals surface area contributed by atoms with Gasteiger partial charge in [0.05, 0.1) is 6.42 Å². The third-order valence-electron chi connectivity index (χ3n) is 4.37. The predicted molar refractivity (Wildman–Crippen MR) is 80.3 cm³/mol. The first-order chi connectivity index (χ1) is 9.99. The highest BCUT2D eigenvalue weighted by molar-refractivity contribution is 5.75. The number of aliphatic carboxylic acids is 1. The number of carbonyl (C=O) groups is 2. The van der Waals surface area contributed by atoms with Gasteiger partial charge in [-0.05, 0) is 24.7 Å². The van der Waals surface area contributed by atoms with E-state index in [9.17, 15) is 9.59 Å². The van der Waals surface area contributed by atoms with E-state index in [4.69, 9.17) is 9.84 Å². The van der Waals surface area contributed by atoms with E-state index in [0.717, 1.165) is 19.3 Å². The molecule has 2 N–H and O–H groups in total. The molecule has 0 radical (unpaired) electrons. The number of nitrogens with one attached hydrogen (secondary N) is 1. The monoisotopic (exact) mass is 300 g/mol. The maximum absolute atomic E-state index is 12.0. The SMILES string of the molecule is COCCC1(CNC(=O)N(C)CCC(=O)O)CCCCC1. The molecule has 6 nitrogen and oxygen atoms in total. The average molecular weight is 300 g/mol. The van der Waals surface area contributed by atoms with Crippen LogP contribution in [0.15, 0.2) is 0 Å². The van der Waals surface area contributed by atoms with Crippen molar-refractivity contribution in [2.45, 2.75) is 44.9 Å². The molecule has 1 aliphatic carbocycles. The Hall–Kier alpha value is -1.30. The van der Waals surface area contributed by atoms with Gasteiger partial charge in [0.15, 0.2) is 0 Å². The Balaban J connectivity index is 2.44. The number of methoxy groups -OCH3 is 1. The van der Waals surface area contributed by atoms with Crippen LogP contribution in [0.5, 0.6) is 0 Å². The molecule has 1 rings (SSSR count). The van der Waals surface area contributed by atoms with Crippen LogP contribution >= 0.6 is 0 Å². The largest absolute Gasteiger partial charge is 0.481 e. The summed E-state index contributed by atoms with van der Waals surface area (Å²) in [6.45, 7) is 1.59. The zero-order valence-electron chi connectivity index (χ0n) is 13.2. The summed E-state index contributed by atoms with van der Waals surface area (Å²) < 4.78 is 5.20. The Morgan fingerprint density at radius 2 is 1.95 bits per heavy atom. The van der Waals surface area contributed by atoms with Crippen LogP contribution in [0, 0.1) is 5.41 Å². The van der Waals surface area contributed by atoms with Crippen molar-refractivity contribution in [2.24, 2.45) is 5.41 Å². The van der Waals surface area contributed by atoms with E-state index in [1.807, 2.05) is 0 Å². The van der Waals surface area contributed by atoms with Crippen LogP contribution in [-0.2, 0) is 9.53 Å². The summed E-state index contributed by atoms with van der Waals surface area (Å²) in [4.78, 5) is 24.0. The second-order valence-corrected chi connectivity index (χ2v) is 6.03. The second-order valence-electron chi connectivity index (χ2n) is 6.03. The number of urea groups is 1. The minimum Gasteiger partial charge on any atom is -0.481 e. The summed E-state index contributed by atoms with van der Waals surface area (Å²) in [5.74, 6) is -0.890. The highest BCUT2D eigenvalue weighted by Crippen LogP contribution is 2.38. The average Bonchev–Trinajstić information content (AvgIpc) is 2.49. The lowest BCUT2D eigenvalue weighted by molar-refractivity contribution is -0.137. The van der Waals surface area contributed by atoms with Crippen LogP contribution in [0.25, 0.3) is 0 Å². The van der Waals surface area contributed by atoms with Crippen LogP contribution in [-0.4, -0.2) is 55.9 Å². The minimum atomic E-state index is -0.890. The third kappa shape index (κ3) is 6.33. The summed E-state index contributed by atoms with van der Waals surface area (Å²) in [6.07, 6.45) is 6.84. The Morgan fingerprint density at radius 1 is 1.29 bits per heavy atom. The maximum atomic E-state index is 12.0. The van der Waals surface area contributed by atoms with Gasteiger partial charge < -0.3 is 20.1 Å². The van der Waals surface area contributed by atoms with Gasteiger partial charge in [-0.2, -0.15) is 0 Å². The van der Waals surface area contributed by atoms with Crippen molar-refractivity contribution in [3.63, 3.8) is 0 Å². The number of carbonyl (C=O) groups excluding carboxylic acids is 1. The summed E-state index contributed by atoms with van der Waals surface area (Å²) in [6, 6.07) is -0.196. The fourth-order valence-electron chi connectivity index (χ4n) is 2.90. The molecule has 1 aliphatic rings. The first-order valence-electron chi connectivity index (χ1n) is 7.69. The lowest BCUT2D eigenvalue weighted by Crippen LogP contribution is -2.45. The smallest absolute Gasteiger partial charge is 0.317 e. The number of nitrogens with zero attached hydrogens (tertiary/aromatic N) is 1. The van der Waals surface area contributed by atoms with Gasteiger partial charge in [-0.1, -0.05) is 19.3 Å². The fourth-order valence-corrected chi connectivity index (χ4v) is 2.90. The van der Waals surface area contributed by atoms with E-state index in [0.29, 0.717) is 13.2 Å². The fraction of sp³-hybridized carbons (Fsp3) is 0.867. The molecule has 0 aromatic rings. The number of ether oxygens (including phenoxy) is 1. The molecule has 122 valence electrons. The molecule has 1 saturated carbocycles. The van der Waals surface area contributed by atoms with Gasteiger partial charge in [0.1, 0.15) is 0 Å². The van der Waals surface area contributed by atoms with Crippen molar-refractivity contribution in [3.05, 3.63) is 0 Å². The molecule has 0 unspecified atom stereocenters. The molecule has 0 atom stereocenters. The quantitative estimate of drug-likeness (QED) is 0.719. The highest BCUT2D eigenvalue weighted by Gasteiger charge is 2.32. The molecule has 21 heavy (non-hydrogen) atoms. The van der Waals surface area contributed by atoms with Crippen LogP contribution in [0.3, 0.4) is 0 Å². The molecule has 6 heteroatoms. The molecular formula is C15H28N2O4. The topological polar surface area (TPSA) is 78.9 Å². The molecule has 1 fully saturated rings. The number of hydrogen-bond donors (Lipinski definition) is 2. The summed E-state index contributed by atoms with van der Waals surface area (Å²) in [5, 5.41) is 11.6. The minimum absolute atomic E-state index is 0.0290. The molecule has 0 aliphatic heterocycles. The van der Waals surface area contributed by atoms with E-state index < -0.39 is 5.97 Å². The van der Waals surface area contributed by atoms with Crippen LogP contribution in [0.1, 0.15) is 44.9 Å². The number of hydrogen-bond acceptors (Lipinski definition) is 3. The van der Waals surface area contributed by atoms with E-state index in [-0.39, 0.29) is 24.4 Å². The molecule has 2 amide bonds. The second kappa shape index (κ2) is 8.87. The number of carboxylic acid groups (broad SMARTS) is 1. The van der Waals surface area contributed by atoms with Gasteiger partial charge in [0, 0.05) is 33.9 Å². The first-order valence-corrected chi connectivity index (χ1v) is 7.69. The summed E-state index contributed by atoms with van der Waals surface area (Å²) in [7, 11) is 3.33. The molecule has 0 spiro atoms. The first kappa shape index (κ1) is 17.8. The number of rotatable bonds is 8. The predicted octanol–water partition coefficient (Wildman–Crippen LogP) is 2.09. The molecule has 0 aromatic heterocycles. The maximum Gasteiger partial charge on any atom is 0.317 e. The number of amides is 2. The van der Waals surface area contributed by atoms with Gasteiger partial charge in [-0.25, -0.2) is 4.79 Å². The number of carboxylic acids is 1. The van der Waals surface area contributed by atoms with E-state index in [1.165, 1.54) is 24.2 Å². The van der Waals surface area contributed by atoms with E-state index in [1.54, 1.807) is 14.2 Å². The molecule has 0 saturated heterocycles. The van der Waals surface area contributed by atoms with Gasteiger partial charge in [0.25, 0.3) is 0 Å². The third-order valence-corrected chi connectivity index (χ3v) is 4.37. The van der Waals surface area contributed by atoms with Gasteiger partial charge in [0.2, 0.25) is 0 Å². The van der Waals surface area contributed by atoms with Gasteiger partial charge in [-0.15, -0.1) is 0 Å². The Kier molecular flexibility index (Phi) is 7.50. The van der Waals surface area contributed by atoms with Crippen molar-refractivity contribution >= 4 is 12.0 Å². The van der Waals surface area contributed by atoms with Crippen molar-refractivity contribution in [3.8, 4) is 0 Å². The molecule has 0 bridgehead atoms. The van der Waals surface area contributed by atoms with Crippen molar-refractivity contribution < 1.29 is 19.4 Å². The highest BCUT2D eigenvalue weighted by atomic mass is 16.5. The Labute approximate surface area is 126 Å². The normalized spacial score (nSPS) is 17.2. The van der Waals surface area contributed by atoms with E-state index in [2.05, 4.69) is 5.32 Å². The zero-order valence-corrected chi connectivity index (χ0v) is 13.2. The Bertz CT molecular complexity index is 341. The molecular weight excluding hydrogens is 272 g/mol. The summed E-state index contributed by atoms with van der Waals surface area (Å²) >= 11 is 0. The lowest BCUT2D eigenvalue weighted by Gasteiger charge is -2.37. The standard InChI is InChI=1S/C15H28N2O4/c1-17(10-6-13(18)19)14(20)16-12-15(9-11-21-2)7-4-3-5-8-15/h3-12H2,1-2H3,(H,16,20)(H,18,19). The van der Waals surface area contributed by atoms with Crippen LogP contribution < -0.4 is 5.32 Å². The Morgan fingerprint density at radius 3 is 2.52 bits per heavy atom. The van der Waals surface area contributed by atoms with Crippen molar-refractivity contribution in [1.29, 1.82) is 0 Å². The summed E-state index contributed by atoms with van der Waals surface area (Å²) in [5.41, 5.74) is 0.136. The van der Waals surface area contributed by atoms with Gasteiger partial charge >= 0.3 is 12.0 Å². The lowest BCUT2D eigenvalue weighted by atomic mass is 9.72. The molecule has 0 aromatic carbocycles. The van der Waals surface area contributed by atoms with Crippen LogP contribution in [0.2, 0.25) is 0 Å².